The lowest BCUT2D eigenvalue weighted by Gasteiger charge is -2.29. The Morgan fingerprint density at radius 1 is 1.08 bits per heavy atom. The van der Waals surface area contributed by atoms with E-state index in [-0.39, 0.29) is 11.8 Å². The van der Waals surface area contributed by atoms with Crippen molar-refractivity contribution < 1.29 is 9.59 Å². The summed E-state index contributed by atoms with van der Waals surface area (Å²) in [5.41, 5.74) is 2.11. The Morgan fingerprint density at radius 2 is 1.77 bits per heavy atom. The highest BCUT2D eigenvalue weighted by Crippen LogP contribution is 2.16. The Kier molecular flexibility index (Phi) is 7.85. The molecule has 0 aliphatic heterocycles. The molecule has 2 amide bonds. The van der Waals surface area contributed by atoms with Crippen LogP contribution in [0.15, 0.2) is 59.1 Å². The number of carbonyl (C=O) groups excluding carboxylic acids is 2. The highest BCUT2D eigenvalue weighted by molar-refractivity contribution is 9.10. The Balaban J connectivity index is 2.12. The molecule has 0 saturated heterocycles. The third-order valence-corrected chi connectivity index (χ3v) is 4.72. The number of benzene rings is 2. The number of nitrogens with zero attached hydrogens (tertiary/aromatic N) is 1. The molecular weight excluding hydrogens is 392 g/mol. The number of hydrogen-bond donors (Lipinski definition) is 1. The van der Waals surface area contributed by atoms with E-state index in [1.807, 2.05) is 61.5 Å². The number of carbonyl (C=O) groups is 2. The number of likely N-dealkylation sites (N-methyl/N-ethyl adjacent to an activating group) is 1. The number of rotatable bonds is 8. The van der Waals surface area contributed by atoms with Crippen molar-refractivity contribution in [1.82, 2.24) is 10.2 Å². The molecule has 0 bridgehead atoms. The summed E-state index contributed by atoms with van der Waals surface area (Å²) in [6.07, 6.45) is 1.04. The summed E-state index contributed by atoms with van der Waals surface area (Å²) >= 11 is 3.46. The standard InChI is InChI=1S/C21H25BrN2O2/c1-3-23-21(26)16(2)24(15-18-10-7-11-19(22)14-18)20(25)13-12-17-8-5-4-6-9-17/h4-11,14,16H,3,12-13,15H2,1-2H3,(H,23,26)/t16-/m1/s1. The predicted octanol–water partition coefficient (Wildman–Crippen LogP) is 3.94. The maximum absolute atomic E-state index is 12.9. The van der Waals surface area contributed by atoms with E-state index in [4.69, 9.17) is 0 Å². The third kappa shape index (κ3) is 5.99. The zero-order valence-electron chi connectivity index (χ0n) is 15.2. The van der Waals surface area contributed by atoms with Crippen molar-refractivity contribution in [2.45, 2.75) is 39.3 Å². The summed E-state index contributed by atoms with van der Waals surface area (Å²) in [4.78, 5) is 26.9. The Bertz CT molecular complexity index is 734. The third-order valence-electron chi connectivity index (χ3n) is 4.23. The van der Waals surface area contributed by atoms with Crippen molar-refractivity contribution in [1.29, 1.82) is 0 Å². The van der Waals surface area contributed by atoms with E-state index in [0.29, 0.717) is 25.9 Å². The summed E-state index contributed by atoms with van der Waals surface area (Å²) in [7, 11) is 0. The summed E-state index contributed by atoms with van der Waals surface area (Å²) in [6.45, 7) is 4.61. The maximum Gasteiger partial charge on any atom is 0.242 e. The molecule has 0 aromatic heterocycles. The van der Waals surface area contributed by atoms with Gasteiger partial charge in [0.15, 0.2) is 0 Å². The molecule has 0 aliphatic carbocycles. The molecule has 138 valence electrons. The van der Waals surface area contributed by atoms with Gasteiger partial charge in [0, 0.05) is 24.0 Å². The molecular formula is C21H25BrN2O2. The predicted molar refractivity (Wildman–Crippen MR) is 108 cm³/mol. The van der Waals surface area contributed by atoms with Crippen LogP contribution in [0.1, 0.15) is 31.4 Å². The number of amides is 2. The summed E-state index contributed by atoms with van der Waals surface area (Å²) < 4.78 is 0.956. The lowest BCUT2D eigenvalue weighted by molar-refractivity contribution is -0.140. The van der Waals surface area contributed by atoms with Crippen LogP contribution in [0, 0.1) is 0 Å². The molecule has 0 heterocycles. The quantitative estimate of drug-likeness (QED) is 0.708. The molecule has 5 heteroatoms. The van der Waals surface area contributed by atoms with Crippen LogP contribution < -0.4 is 5.32 Å². The van der Waals surface area contributed by atoms with Crippen LogP contribution in [0.3, 0.4) is 0 Å². The minimum absolute atomic E-state index is 0.0208. The fourth-order valence-corrected chi connectivity index (χ4v) is 3.22. The van der Waals surface area contributed by atoms with Gasteiger partial charge in [-0.3, -0.25) is 9.59 Å². The van der Waals surface area contributed by atoms with Gasteiger partial charge in [0.05, 0.1) is 0 Å². The van der Waals surface area contributed by atoms with Crippen LogP contribution in [0.25, 0.3) is 0 Å². The summed E-state index contributed by atoms with van der Waals surface area (Å²) in [5.74, 6) is -0.150. The van der Waals surface area contributed by atoms with Crippen molar-refractivity contribution in [2.24, 2.45) is 0 Å². The van der Waals surface area contributed by atoms with Crippen molar-refractivity contribution >= 4 is 27.7 Å². The first-order chi connectivity index (χ1) is 12.5. The molecule has 0 aliphatic rings. The van der Waals surface area contributed by atoms with Crippen LogP contribution in [-0.4, -0.2) is 29.3 Å². The monoisotopic (exact) mass is 416 g/mol. The van der Waals surface area contributed by atoms with Crippen molar-refractivity contribution in [3.8, 4) is 0 Å². The van der Waals surface area contributed by atoms with Gasteiger partial charge in [-0.2, -0.15) is 0 Å². The molecule has 26 heavy (non-hydrogen) atoms. The van der Waals surface area contributed by atoms with Gasteiger partial charge < -0.3 is 10.2 Å². The normalized spacial score (nSPS) is 11.7. The zero-order chi connectivity index (χ0) is 18.9. The molecule has 0 radical (unpaired) electrons. The van der Waals surface area contributed by atoms with Crippen molar-refractivity contribution in [2.75, 3.05) is 6.54 Å². The van der Waals surface area contributed by atoms with Gasteiger partial charge in [-0.25, -0.2) is 0 Å². The van der Waals surface area contributed by atoms with E-state index >= 15 is 0 Å². The lowest BCUT2D eigenvalue weighted by Crippen LogP contribution is -2.47. The first-order valence-corrected chi connectivity index (χ1v) is 9.66. The second kappa shape index (κ2) is 10.1. The molecule has 2 rings (SSSR count). The largest absolute Gasteiger partial charge is 0.355 e. The molecule has 0 saturated carbocycles. The number of nitrogens with one attached hydrogen (secondary N) is 1. The second-order valence-corrected chi connectivity index (χ2v) is 7.12. The van der Waals surface area contributed by atoms with Gasteiger partial charge in [0.2, 0.25) is 11.8 Å². The summed E-state index contributed by atoms with van der Waals surface area (Å²) in [5, 5.41) is 2.81. The molecule has 0 unspecified atom stereocenters. The van der Waals surface area contributed by atoms with Crippen LogP contribution in [-0.2, 0) is 22.6 Å². The Labute approximate surface area is 163 Å². The number of halogens is 1. The maximum atomic E-state index is 12.9. The number of aryl methyl sites for hydroxylation is 1. The van der Waals surface area contributed by atoms with E-state index in [0.717, 1.165) is 15.6 Å². The minimum atomic E-state index is -0.516. The van der Waals surface area contributed by atoms with Crippen molar-refractivity contribution in [3.05, 3.63) is 70.2 Å². The summed E-state index contributed by atoms with van der Waals surface area (Å²) in [6, 6.07) is 17.2. The lowest BCUT2D eigenvalue weighted by atomic mass is 10.1. The van der Waals surface area contributed by atoms with Crippen LogP contribution >= 0.6 is 15.9 Å². The molecule has 2 aromatic rings. The molecule has 0 fully saturated rings. The Morgan fingerprint density at radius 3 is 2.42 bits per heavy atom. The second-order valence-electron chi connectivity index (χ2n) is 6.21. The van der Waals surface area contributed by atoms with Gasteiger partial charge in [0.25, 0.3) is 0 Å². The van der Waals surface area contributed by atoms with Gasteiger partial charge in [0.1, 0.15) is 6.04 Å². The molecule has 1 N–H and O–H groups in total. The first-order valence-electron chi connectivity index (χ1n) is 8.86. The number of hydrogen-bond acceptors (Lipinski definition) is 2. The minimum Gasteiger partial charge on any atom is -0.355 e. The SMILES string of the molecule is CCNC(=O)[C@@H](C)N(Cc1cccc(Br)c1)C(=O)CCc1ccccc1. The van der Waals surface area contributed by atoms with Gasteiger partial charge in [-0.05, 0) is 43.5 Å². The fraction of sp³-hybridized carbons (Fsp3) is 0.333. The van der Waals surface area contributed by atoms with E-state index in [1.165, 1.54) is 0 Å². The highest BCUT2D eigenvalue weighted by Gasteiger charge is 2.25. The van der Waals surface area contributed by atoms with E-state index in [1.54, 1.807) is 11.8 Å². The average molecular weight is 417 g/mol. The topological polar surface area (TPSA) is 49.4 Å². The van der Waals surface area contributed by atoms with E-state index in [2.05, 4.69) is 21.2 Å². The van der Waals surface area contributed by atoms with Crippen LogP contribution in [0.2, 0.25) is 0 Å². The fourth-order valence-electron chi connectivity index (χ4n) is 2.78. The van der Waals surface area contributed by atoms with Gasteiger partial charge >= 0.3 is 0 Å². The van der Waals surface area contributed by atoms with E-state index in [9.17, 15) is 9.59 Å². The molecule has 1 atom stereocenters. The average Bonchev–Trinajstić information content (AvgIpc) is 2.64. The van der Waals surface area contributed by atoms with E-state index < -0.39 is 6.04 Å². The first kappa shape index (κ1) is 20.2. The zero-order valence-corrected chi connectivity index (χ0v) is 16.8. The highest BCUT2D eigenvalue weighted by atomic mass is 79.9. The Hall–Kier alpha value is -2.14. The van der Waals surface area contributed by atoms with Crippen LogP contribution in [0.4, 0.5) is 0 Å². The molecule has 4 nitrogen and oxygen atoms in total. The smallest absolute Gasteiger partial charge is 0.242 e. The van der Waals surface area contributed by atoms with Gasteiger partial charge in [-0.1, -0.05) is 58.4 Å². The van der Waals surface area contributed by atoms with Gasteiger partial charge in [-0.15, -0.1) is 0 Å². The molecule has 0 spiro atoms. The molecule has 2 aromatic carbocycles. The van der Waals surface area contributed by atoms with Crippen molar-refractivity contribution in [3.63, 3.8) is 0 Å². The van der Waals surface area contributed by atoms with Crippen LogP contribution in [0.5, 0.6) is 0 Å².